The Morgan fingerprint density at radius 1 is 1.46 bits per heavy atom. The molecule has 0 aromatic carbocycles. The summed E-state index contributed by atoms with van der Waals surface area (Å²) < 4.78 is 5.61. The van der Waals surface area contributed by atoms with Crippen molar-refractivity contribution in [3.63, 3.8) is 0 Å². The van der Waals surface area contributed by atoms with Gasteiger partial charge in [-0.15, -0.1) is 0 Å². The number of ether oxygens (including phenoxy) is 1. The van der Waals surface area contributed by atoms with Gasteiger partial charge >= 0.3 is 0 Å². The molecule has 0 aromatic heterocycles. The number of rotatable bonds is 2. The topological polar surface area (TPSA) is 99.6 Å². The van der Waals surface area contributed by atoms with Crippen LogP contribution in [0.4, 0.5) is 0 Å². The van der Waals surface area contributed by atoms with E-state index in [1.165, 1.54) is 0 Å². The molecule has 5 nitrogen and oxygen atoms in total. The monoisotopic (exact) mass is 186 g/mol. The van der Waals surface area contributed by atoms with Crippen LogP contribution in [0.3, 0.4) is 0 Å². The van der Waals surface area contributed by atoms with Crippen LogP contribution < -0.4 is 17.2 Å². The van der Waals surface area contributed by atoms with Crippen LogP contribution in [0.2, 0.25) is 0 Å². The zero-order chi connectivity index (χ0) is 9.84. The Balaban J connectivity index is 2.33. The fraction of sp³-hybridized carbons (Fsp3) is 0.875. The first-order valence-electron chi connectivity index (χ1n) is 4.56. The highest BCUT2D eigenvalue weighted by atomic mass is 16.5. The van der Waals surface area contributed by atoms with Gasteiger partial charge < -0.3 is 21.9 Å². The molecule has 1 aliphatic rings. The molecule has 1 saturated heterocycles. The first-order valence-corrected chi connectivity index (χ1v) is 4.56. The van der Waals surface area contributed by atoms with Crippen LogP contribution in [-0.4, -0.2) is 30.8 Å². The van der Waals surface area contributed by atoms with Crippen LogP contribution in [0.1, 0.15) is 19.8 Å². The van der Waals surface area contributed by atoms with Gasteiger partial charge in [-0.2, -0.15) is 0 Å². The van der Waals surface area contributed by atoms with Crippen LogP contribution in [0.15, 0.2) is 4.99 Å². The van der Waals surface area contributed by atoms with E-state index < -0.39 is 0 Å². The Kier molecular flexibility index (Phi) is 3.50. The Labute approximate surface area is 78.3 Å². The number of guanidine groups is 1. The number of hydrogen-bond acceptors (Lipinski definition) is 3. The maximum absolute atomic E-state index is 5.79. The van der Waals surface area contributed by atoms with Crippen molar-refractivity contribution in [2.45, 2.75) is 38.0 Å². The lowest BCUT2D eigenvalue weighted by molar-refractivity contribution is -0.0454. The molecule has 6 N–H and O–H groups in total. The van der Waals surface area contributed by atoms with Gasteiger partial charge in [-0.05, 0) is 19.8 Å². The molecule has 0 aliphatic carbocycles. The second-order valence-electron chi connectivity index (χ2n) is 3.47. The summed E-state index contributed by atoms with van der Waals surface area (Å²) >= 11 is 0. The van der Waals surface area contributed by atoms with Gasteiger partial charge in [-0.3, -0.25) is 4.99 Å². The lowest BCUT2D eigenvalue weighted by atomic mass is 10.0. The predicted molar refractivity (Wildman–Crippen MR) is 52.2 cm³/mol. The Hall–Kier alpha value is -0.810. The van der Waals surface area contributed by atoms with Crippen molar-refractivity contribution in [3.05, 3.63) is 0 Å². The highest BCUT2D eigenvalue weighted by Crippen LogP contribution is 2.17. The molecule has 0 saturated carbocycles. The molecule has 1 fully saturated rings. The van der Waals surface area contributed by atoms with Crippen LogP contribution in [0, 0.1) is 0 Å². The van der Waals surface area contributed by atoms with Gasteiger partial charge in [0.15, 0.2) is 5.96 Å². The van der Waals surface area contributed by atoms with E-state index in [1.807, 2.05) is 6.92 Å². The maximum atomic E-state index is 5.79. The van der Waals surface area contributed by atoms with Crippen LogP contribution >= 0.6 is 0 Å². The van der Waals surface area contributed by atoms with Gasteiger partial charge in [0.1, 0.15) is 0 Å². The van der Waals surface area contributed by atoms with E-state index >= 15 is 0 Å². The van der Waals surface area contributed by atoms with Crippen molar-refractivity contribution in [1.82, 2.24) is 0 Å². The molecular weight excluding hydrogens is 168 g/mol. The molecule has 13 heavy (non-hydrogen) atoms. The fourth-order valence-electron chi connectivity index (χ4n) is 1.43. The molecule has 0 unspecified atom stereocenters. The number of nitrogens with zero attached hydrogens (tertiary/aromatic N) is 1. The van der Waals surface area contributed by atoms with Gasteiger partial charge in [0.25, 0.3) is 0 Å². The largest absolute Gasteiger partial charge is 0.372 e. The lowest BCUT2D eigenvalue weighted by Gasteiger charge is -2.31. The molecule has 1 rings (SSSR count). The summed E-state index contributed by atoms with van der Waals surface area (Å²) in [7, 11) is 0. The average molecular weight is 186 g/mol. The van der Waals surface area contributed by atoms with Gasteiger partial charge in [0.05, 0.1) is 18.8 Å². The van der Waals surface area contributed by atoms with Crippen molar-refractivity contribution in [3.8, 4) is 0 Å². The Bertz CT molecular complexity index is 191. The minimum atomic E-state index is 0.105. The minimum Gasteiger partial charge on any atom is -0.372 e. The summed E-state index contributed by atoms with van der Waals surface area (Å²) in [5.74, 6) is 0.117. The quantitative estimate of drug-likeness (QED) is 0.386. The van der Waals surface area contributed by atoms with Gasteiger partial charge in [0, 0.05) is 6.04 Å². The first-order chi connectivity index (χ1) is 6.09. The molecule has 1 aliphatic heterocycles. The maximum Gasteiger partial charge on any atom is 0.185 e. The molecular formula is C8H18N4O. The smallest absolute Gasteiger partial charge is 0.185 e. The van der Waals surface area contributed by atoms with E-state index in [1.54, 1.807) is 0 Å². The second kappa shape index (κ2) is 4.43. The van der Waals surface area contributed by atoms with E-state index in [-0.39, 0.29) is 24.2 Å². The summed E-state index contributed by atoms with van der Waals surface area (Å²) in [5, 5.41) is 0. The van der Waals surface area contributed by atoms with Crippen LogP contribution in [0.25, 0.3) is 0 Å². The van der Waals surface area contributed by atoms with Crippen molar-refractivity contribution >= 4 is 5.96 Å². The van der Waals surface area contributed by atoms with Gasteiger partial charge in [-0.25, -0.2) is 0 Å². The third-order valence-electron chi connectivity index (χ3n) is 2.31. The van der Waals surface area contributed by atoms with Crippen LogP contribution in [0.5, 0.6) is 0 Å². The molecule has 0 aromatic rings. The predicted octanol–water partition coefficient (Wildman–Crippen LogP) is -0.845. The molecule has 1 heterocycles. The lowest BCUT2D eigenvalue weighted by Crippen LogP contribution is -2.43. The normalized spacial score (nSPS) is 34.2. The van der Waals surface area contributed by atoms with E-state index in [2.05, 4.69) is 4.99 Å². The Morgan fingerprint density at radius 2 is 2.15 bits per heavy atom. The molecule has 0 radical (unpaired) electrons. The van der Waals surface area contributed by atoms with Gasteiger partial charge in [-0.1, -0.05) is 0 Å². The van der Waals surface area contributed by atoms with Gasteiger partial charge in [0.2, 0.25) is 0 Å². The first kappa shape index (κ1) is 10.3. The van der Waals surface area contributed by atoms with Crippen LogP contribution in [-0.2, 0) is 4.74 Å². The average Bonchev–Trinajstić information content (AvgIpc) is 2.07. The van der Waals surface area contributed by atoms with Crippen molar-refractivity contribution in [1.29, 1.82) is 0 Å². The zero-order valence-electron chi connectivity index (χ0n) is 7.94. The number of nitrogens with two attached hydrogens (primary N) is 3. The summed E-state index contributed by atoms with van der Waals surface area (Å²) in [4.78, 5) is 3.91. The molecule has 0 spiro atoms. The van der Waals surface area contributed by atoms with Crippen molar-refractivity contribution in [2.75, 3.05) is 6.54 Å². The van der Waals surface area contributed by atoms with Crippen molar-refractivity contribution < 1.29 is 4.74 Å². The van der Waals surface area contributed by atoms with E-state index in [0.29, 0.717) is 6.54 Å². The number of aliphatic imine (C=N–C) groups is 1. The minimum absolute atomic E-state index is 0.105. The highest BCUT2D eigenvalue weighted by Gasteiger charge is 2.24. The molecule has 5 heteroatoms. The molecule has 0 bridgehead atoms. The standard InChI is InChI=1S/C8H18N4O/c1-5-7(9)3-2-6(13-5)4-12-8(10)11/h5-7H,2-4,9H2,1H3,(H4,10,11,12)/t5-,6+,7-/m1/s1. The SMILES string of the molecule is C[C@H]1O[C@H](CN=C(N)N)CC[C@H]1N. The molecule has 0 amide bonds. The third kappa shape index (κ3) is 3.20. The molecule has 76 valence electrons. The second-order valence-corrected chi connectivity index (χ2v) is 3.47. The third-order valence-corrected chi connectivity index (χ3v) is 2.31. The highest BCUT2D eigenvalue weighted by molar-refractivity contribution is 5.75. The van der Waals surface area contributed by atoms with E-state index in [0.717, 1.165) is 12.8 Å². The number of hydrogen-bond donors (Lipinski definition) is 3. The van der Waals surface area contributed by atoms with Crippen molar-refractivity contribution in [2.24, 2.45) is 22.2 Å². The van der Waals surface area contributed by atoms with E-state index in [9.17, 15) is 0 Å². The Morgan fingerprint density at radius 3 is 2.69 bits per heavy atom. The summed E-state index contributed by atoms with van der Waals surface area (Å²) in [6, 6.07) is 0.149. The summed E-state index contributed by atoms with van der Waals surface area (Å²) in [6.07, 6.45) is 2.14. The molecule has 3 atom stereocenters. The fourth-order valence-corrected chi connectivity index (χ4v) is 1.43. The zero-order valence-corrected chi connectivity index (χ0v) is 7.94. The summed E-state index contributed by atoms with van der Waals surface area (Å²) in [6.45, 7) is 2.52. The summed E-state index contributed by atoms with van der Waals surface area (Å²) in [5.41, 5.74) is 16.2. The van der Waals surface area contributed by atoms with E-state index in [4.69, 9.17) is 21.9 Å².